The number of anilines is 1. The molecule has 4 rings (SSSR count). The maximum atomic E-state index is 12.7. The number of fused-ring (bicyclic) bond motifs is 1. The Kier molecular flexibility index (Phi) is 6.74. The second kappa shape index (κ2) is 9.43. The van der Waals surface area contributed by atoms with Gasteiger partial charge in [0, 0.05) is 21.5 Å². The zero-order valence-electron chi connectivity index (χ0n) is 19.8. The highest BCUT2D eigenvalue weighted by molar-refractivity contribution is 7.17. The Balaban J connectivity index is 1.49. The Hall–Kier alpha value is -2.83. The summed E-state index contributed by atoms with van der Waals surface area (Å²) in [6.07, 6.45) is 5.70. The Morgan fingerprint density at radius 1 is 1.24 bits per heavy atom. The van der Waals surface area contributed by atoms with Crippen molar-refractivity contribution >= 4 is 45.8 Å². The molecule has 2 heterocycles. The van der Waals surface area contributed by atoms with Crippen LogP contribution in [0.25, 0.3) is 17.4 Å². The zero-order chi connectivity index (χ0) is 24.6. The molecule has 3 aromatic rings. The molecule has 1 unspecified atom stereocenters. The van der Waals surface area contributed by atoms with Crippen LogP contribution in [0.1, 0.15) is 59.3 Å². The maximum Gasteiger partial charge on any atom is 0.251 e. The van der Waals surface area contributed by atoms with Crippen molar-refractivity contribution in [3.8, 4) is 11.3 Å². The number of thiophene rings is 1. The maximum absolute atomic E-state index is 12.7. The molecule has 2 aromatic heterocycles. The molecule has 0 aliphatic heterocycles. The summed E-state index contributed by atoms with van der Waals surface area (Å²) in [5.41, 5.74) is 9.18. The molecule has 2 amide bonds. The molecule has 3 N–H and O–H groups in total. The minimum absolute atomic E-state index is 0.187. The lowest BCUT2D eigenvalue weighted by atomic mass is 9.72. The highest BCUT2D eigenvalue weighted by atomic mass is 35.5. The van der Waals surface area contributed by atoms with Crippen LogP contribution in [0, 0.1) is 18.3 Å². The first-order chi connectivity index (χ1) is 16.0. The van der Waals surface area contributed by atoms with E-state index in [9.17, 15) is 9.59 Å². The third-order valence-corrected chi connectivity index (χ3v) is 8.03. The van der Waals surface area contributed by atoms with Crippen LogP contribution >= 0.6 is 22.9 Å². The van der Waals surface area contributed by atoms with Crippen molar-refractivity contribution in [2.45, 2.75) is 47.0 Å². The second-order valence-corrected chi connectivity index (χ2v) is 11.4. The van der Waals surface area contributed by atoms with Gasteiger partial charge < -0.3 is 15.5 Å². The van der Waals surface area contributed by atoms with Crippen LogP contribution in [-0.2, 0) is 17.6 Å². The molecule has 0 bridgehead atoms. The molecule has 0 saturated heterocycles. The van der Waals surface area contributed by atoms with Crippen molar-refractivity contribution in [2.24, 2.45) is 17.1 Å². The number of primary amides is 1. The fraction of sp³-hybridized carbons (Fsp3) is 0.333. The van der Waals surface area contributed by atoms with E-state index in [4.69, 9.17) is 21.8 Å². The van der Waals surface area contributed by atoms with Crippen LogP contribution in [-0.4, -0.2) is 11.8 Å². The Morgan fingerprint density at radius 3 is 2.68 bits per heavy atom. The molecule has 5 nitrogen and oxygen atoms in total. The summed E-state index contributed by atoms with van der Waals surface area (Å²) >= 11 is 7.67. The third kappa shape index (κ3) is 5.13. The number of carbonyl (C=O) groups excluding carboxylic acids is 2. The molecule has 34 heavy (non-hydrogen) atoms. The lowest BCUT2D eigenvalue weighted by molar-refractivity contribution is -0.111. The summed E-state index contributed by atoms with van der Waals surface area (Å²) in [4.78, 5) is 26.0. The summed E-state index contributed by atoms with van der Waals surface area (Å²) in [5.74, 6) is 0.885. The molecule has 0 saturated carbocycles. The summed E-state index contributed by atoms with van der Waals surface area (Å²) in [7, 11) is 0. The number of halogens is 1. The number of carbonyl (C=O) groups is 2. The monoisotopic (exact) mass is 496 g/mol. The minimum Gasteiger partial charge on any atom is -0.457 e. The molecule has 178 valence electrons. The first kappa shape index (κ1) is 24.3. The van der Waals surface area contributed by atoms with Crippen molar-refractivity contribution in [3.05, 3.63) is 68.8 Å². The molecule has 1 atom stereocenters. The summed E-state index contributed by atoms with van der Waals surface area (Å²) in [6, 6.07) is 9.35. The average molecular weight is 497 g/mol. The summed E-state index contributed by atoms with van der Waals surface area (Å²) in [5, 5.41) is 4.05. The molecule has 0 spiro atoms. The van der Waals surface area contributed by atoms with Gasteiger partial charge in [-0.2, -0.15) is 0 Å². The van der Waals surface area contributed by atoms with E-state index in [1.165, 1.54) is 17.4 Å². The van der Waals surface area contributed by atoms with Gasteiger partial charge >= 0.3 is 0 Å². The molecule has 1 aliphatic rings. The summed E-state index contributed by atoms with van der Waals surface area (Å²) < 4.78 is 5.84. The molecular weight excluding hydrogens is 468 g/mol. The topological polar surface area (TPSA) is 85.3 Å². The highest BCUT2D eigenvalue weighted by Gasteiger charge is 2.33. The van der Waals surface area contributed by atoms with Gasteiger partial charge in [0.15, 0.2) is 0 Å². The van der Waals surface area contributed by atoms with Gasteiger partial charge in [-0.15, -0.1) is 11.3 Å². The lowest BCUT2D eigenvalue weighted by Gasteiger charge is -2.33. The second-order valence-electron chi connectivity index (χ2n) is 9.87. The number of nitrogens with one attached hydrogen (secondary N) is 1. The minimum atomic E-state index is -0.501. The van der Waals surface area contributed by atoms with Crippen LogP contribution in [0.15, 0.2) is 40.8 Å². The predicted molar refractivity (Wildman–Crippen MR) is 139 cm³/mol. The fourth-order valence-corrected chi connectivity index (χ4v) is 5.85. The molecule has 0 radical (unpaired) electrons. The van der Waals surface area contributed by atoms with E-state index in [0.29, 0.717) is 33.0 Å². The van der Waals surface area contributed by atoms with E-state index in [1.54, 1.807) is 12.1 Å². The van der Waals surface area contributed by atoms with Crippen LogP contribution in [0.5, 0.6) is 0 Å². The Labute approximate surface area is 209 Å². The van der Waals surface area contributed by atoms with Crippen LogP contribution in [0.2, 0.25) is 5.02 Å². The predicted octanol–water partition coefficient (Wildman–Crippen LogP) is 6.87. The van der Waals surface area contributed by atoms with Crippen molar-refractivity contribution in [3.63, 3.8) is 0 Å². The summed E-state index contributed by atoms with van der Waals surface area (Å²) in [6.45, 7) is 8.67. The van der Waals surface area contributed by atoms with Crippen LogP contribution in [0.4, 0.5) is 5.00 Å². The third-order valence-electron chi connectivity index (χ3n) is 6.46. The van der Waals surface area contributed by atoms with Gasteiger partial charge in [-0.1, -0.05) is 44.5 Å². The van der Waals surface area contributed by atoms with Gasteiger partial charge in [-0.05, 0) is 72.9 Å². The first-order valence-electron chi connectivity index (χ1n) is 11.3. The van der Waals surface area contributed by atoms with Crippen LogP contribution in [0.3, 0.4) is 0 Å². The number of rotatable bonds is 5. The molecule has 0 fully saturated rings. The van der Waals surface area contributed by atoms with E-state index >= 15 is 0 Å². The van der Waals surface area contributed by atoms with E-state index in [0.717, 1.165) is 40.8 Å². The van der Waals surface area contributed by atoms with E-state index in [1.807, 2.05) is 31.2 Å². The van der Waals surface area contributed by atoms with Crippen molar-refractivity contribution in [1.29, 1.82) is 0 Å². The molecular formula is C27H29ClN2O3S. The van der Waals surface area contributed by atoms with E-state index in [2.05, 4.69) is 26.1 Å². The van der Waals surface area contributed by atoms with Gasteiger partial charge in [0.05, 0.1) is 5.56 Å². The first-order valence-corrected chi connectivity index (χ1v) is 12.5. The van der Waals surface area contributed by atoms with Gasteiger partial charge in [0.25, 0.3) is 5.91 Å². The number of benzene rings is 1. The largest absolute Gasteiger partial charge is 0.457 e. The number of amides is 2. The molecule has 1 aromatic carbocycles. The standard InChI is InChI=1S/C27H29ClN2O3S/c1-15-5-6-16(13-20(15)28)21-11-8-18(33-21)9-12-23(31)30-26-24(25(29)32)19-10-7-17(27(2,3)4)14-22(19)34-26/h5-6,8-9,11-13,17H,7,10,14H2,1-4H3,(H2,29,32)(H,30,31)/b12-9+. The van der Waals surface area contributed by atoms with Gasteiger partial charge in [0.2, 0.25) is 5.91 Å². The highest BCUT2D eigenvalue weighted by Crippen LogP contribution is 2.44. The smallest absolute Gasteiger partial charge is 0.251 e. The van der Waals surface area contributed by atoms with Crippen LogP contribution < -0.4 is 11.1 Å². The average Bonchev–Trinajstić information content (AvgIpc) is 3.37. The van der Waals surface area contributed by atoms with Gasteiger partial charge in [0.1, 0.15) is 16.5 Å². The van der Waals surface area contributed by atoms with E-state index < -0.39 is 5.91 Å². The normalized spacial score (nSPS) is 16.0. The van der Waals surface area contributed by atoms with Gasteiger partial charge in [-0.3, -0.25) is 9.59 Å². The van der Waals surface area contributed by atoms with Crippen molar-refractivity contribution in [1.82, 2.24) is 0 Å². The number of hydrogen-bond donors (Lipinski definition) is 2. The number of furan rings is 1. The van der Waals surface area contributed by atoms with Crippen molar-refractivity contribution in [2.75, 3.05) is 5.32 Å². The van der Waals surface area contributed by atoms with E-state index in [-0.39, 0.29) is 11.3 Å². The van der Waals surface area contributed by atoms with Gasteiger partial charge in [-0.25, -0.2) is 0 Å². The Bertz CT molecular complexity index is 1280. The number of nitrogens with two attached hydrogens (primary N) is 1. The van der Waals surface area contributed by atoms with Crippen molar-refractivity contribution < 1.29 is 14.0 Å². The zero-order valence-corrected chi connectivity index (χ0v) is 21.4. The molecule has 7 heteroatoms. The SMILES string of the molecule is Cc1ccc(-c2ccc(/C=C/C(=O)Nc3sc4c(c3C(N)=O)CCC(C(C)(C)C)C4)o2)cc1Cl. The molecule has 1 aliphatic carbocycles. The lowest BCUT2D eigenvalue weighted by Crippen LogP contribution is -2.27. The fourth-order valence-electron chi connectivity index (χ4n) is 4.33. The number of hydrogen-bond acceptors (Lipinski definition) is 4. The quantitative estimate of drug-likeness (QED) is 0.378. The number of aryl methyl sites for hydroxylation is 1. The Morgan fingerprint density at radius 2 is 2.00 bits per heavy atom.